The van der Waals surface area contributed by atoms with Crippen LogP contribution >= 0.6 is 0 Å². The van der Waals surface area contributed by atoms with Crippen LogP contribution in [0.1, 0.15) is 42.0 Å². The first-order valence-electron chi connectivity index (χ1n) is 10.1. The molecule has 1 N–H and O–H groups in total. The Kier molecular flexibility index (Phi) is 4.42. The van der Waals surface area contributed by atoms with Gasteiger partial charge in [-0.15, -0.1) is 4.40 Å². The Balaban J connectivity index is 1.24. The molecule has 1 unspecified atom stereocenters. The van der Waals surface area contributed by atoms with E-state index in [2.05, 4.69) is 21.8 Å². The summed E-state index contributed by atoms with van der Waals surface area (Å²) < 4.78 is 28.6. The number of fused-ring (bicyclic) bond motifs is 2. The fourth-order valence-corrected chi connectivity index (χ4v) is 5.89. The lowest BCUT2D eigenvalue weighted by Gasteiger charge is -2.33. The van der Waals surface area contributed by atoms with E-state index in [1.165, 1.54) is 11.1 Å². The molecule has 0 aromatic heterocycles. The third kappa shape index (κ3) is 3.23. The van der Waals surface area contributed by atoms with E-state index in [0.717, 1.165) is 12.8 Å². The number of nitrogens with zero attached hydrogens (tertiary/aromatic N) is 2. The van der Waals surface area contributed by atoms with Crippen molar-refractivity contribution in [2.45, 2.75) is 36.6 Å². The maximum Gasteiger partial charge on any atom is 0.285 e. The molecule has 1 saturated heterocycles. The van der Waals surface area contributed by atoms with E-state index < -0.39 is 10.0 Å². The lowest BCUT2D eigenvalue weighted by molar-refractivity contribution is -0.126. The number of hydrogen-bond acceptors (Lipinski definition) is 4. The lowest BCUT2D eigenvalue weighted by atomic mass is 9.94. The lowest BCUT2D eigenvalue weighted by Crippen LogP contribution is -2.43. The van der Waals surface area contributed by atoms with E-state index in [1.807, 2.05) is 23.1 Å². The molecule has 2 heterocycles. The summed E-state index contributed by atoms with van der Waals surface area (Å²) in [7, 11) is -3.61. The van der Waals surface area contributed by atoms with Crippen molar-refractivity contribution in [2.75, 3.05) is 13.1 Å². The Hall–Kier alpha value is -2.67. The van der Waals surface area contributed by atoms with Gasteiger partial charge in [0.05, 0.1) is 6.04 Å². The molecule has 0 saturated carbocycles. The summed E-state index contributed by atoms with van der Waals surface area (Å²) in [5.41, 5.74) is 3.23. The second kappa shape index (κ2) is 6.99. The zero-order valence-electron chi connectivity index (χ0n) is 16.0. The number of nitrogens with one attached hydrogen (secondary N) is 1. The summed E-state index contributed by atoms with van der Waals surface area (Å²) in [6, 6.07) is 15.4. The molecule has 3 aliphatic rings. The van der Waals surface area contributed by atoms with Crippen LogP contribution in [0.4, 0.5) is 0 Å². The molecule has 2 aliphatic heterocycles. The minimum absolute atomic E-state index is 0.0483. The smallest absolute Gasteiger partial charge is 0.285 e. The maximum absolute atomic E-state index is 12.8. The summed E-state index contributed by atoms with van der Waals surface area (Å²) >= 11 is 0. The van der Waals surface area contributed by atoms with Gasteiger partial charge in [-0.25, -0.2) is 0 Å². The molecule has 1 atom stereocenters. The van der Waals surface area contributed by atoms with Crippen LogP contribution in [0.2, 0.25) is 0 Å². The van der Waals surface area contributed by atoms with Crippen molar-refractivity contribution in [3.8, 4) is 0 Å². The number of aryl methyl sites for hydroxylation is 1. The van der Waals surface area contributed by atoms with Crippen LogP contribution in [-0.4, -0.2) is 38.2 Å². The van der Waals surface area contributed by atoms with Crippen molar-refractivity contribution in [3.63, 3.8) is 0 Å². The molecule has 1 aliphatic carbocycles. The average Bonchev–Trinajstić information content (AvgIpc) is 3.27. The highest BCUT2D eigenvalue weighted by molar-refractivity contribution is 7.90. The van der Waals surface area contributed by atoms with Crippen LogP contribution in [0.25, 0.3) is 0 Å². The molecule has 29 heavy (non-hydrogen) atoms. The van der Waals surface area contributed by atoms with E-state index in [-0.39, 0.29) is 22.8 Å². The van der Waals surface area contributed by atoms with E-state index in [4.69, 9.17) is 0 Å². The minimum atomic E-state index is -3.61. The van der Waals surface area contributed by atoms with Crippen LogP contribution in [0.5, 0.6) is 0 Å². The van der Waals surface area contributed by atoms with Gasteiger partial charge in [0.2, 0.25) is 5.91 Å². The zero-order chi connectivity index (χ0) is 20.0. The molecule has 5 rings (SSSR count). The number of benzene rings is 2. The van der Waals surface area contributed by atoms with Crippen molar-refractivity contribution >= 4 is 21.8 Å². The van der Waals surface area contributed by atoms with E-state index >= 15 is 0 Å². The largest absolute Gasteiger partial charge is 0.355 e. The van der Waals surface area contributed by atoms with Crippen LogP contribution in [0.15, 0.2) is 57.8 Å². The SMILES string of the molecule is O=C(NC1CCc2ccccc21)C1CCN(C2=NS(=O)(=O)c3ccccc32)CC1. The molecule has 1 amide bonds. The fourth-order valence-electron chi connectivity index (χ4n) is 4.67. The first kappa shape index (κ1) is 18.4. The number of amides is 1. The van der Waals surface area contributed by atoms with Crippen molar-refractivity contribution in [2.24, 2.45) is 10.3 Å². The molecule has 7 heteroatoms. The number of carbonyl (C=O) groups is 1. The number of amidine groups is 1. The molecular weight excluding hydrogens is 386 g/mol. The first-order valence-corrected chi connectivity index (χ1v) is 11.5. The van der Waals surface area contributed by atoms with Crippen molar-refractivity contribution in [1.82, 2.24) is 10.2 Å². The van der Waals surface area contributed by atoms with Crippen LogP contribution in [0, 0.1) is 5.92 Å². The van der Waals surface area contributed by atoms with E-state index in [0.29, 0.717) is 37.3 Å². The van der Waals surface area contributed by atoms with Gasteiger partial charge in [-0.05, 0) is 48.9 Å². The molecule has 0 bridgehead atoms. The predicted molar refractivity (Wildman–Crippen MR) is 110 cm³/mol. The molecule has 2 aromatic carbocycles. The highest BCUT2D eigenvalue weighted by atomic mass is 32.2. The van der Waals surface area contributed by atoms with E-state index in [9.17, 15) is 13.2 Å². The molecule has 150 valence electrons. The van der Waals surface area contributed by atoms with Gasteiger partial charge < -0.3 is 10.2 Å². The Labute approximate surface area is 170 Å². The quantitative estimate of drug-likeness (QED) is 0.827. The molecular formula is C22H23N3O3S. The van der Waals surface area contributed by atoms with Crippen LogP contribution in [0.3, 0.4) is 0 Å². The highest BCUT2D eigenvalue weighted by Crippen LogP contribution is 2.32. The summed E-state index contributed by atoms with van der Waals surface area (Å²) in [6.07, 6.45) is 3.35. The summed E-state index contributed by atoms with van der Waals surface area (Å²) in [6.45, 7) is 1.25. The average molecular weight is 410 g/mol. The standard InChI is InChI=1S/C22H23N3O3S/c26-22(23-19-10-9-15-5-1-2-6-17(15)19)16-11-13-25(14-12-16)21-18-7-3-4-8-20(18)29(27,28)24-21/h1-8,16,19H,9-14H2,(H,23,26). The number of piperidine rings is 1. The molecule has 0 radical (unpaired) electrons. The van der Waals surface area contributed by atoms with Crippen molar-refractivity contribution in [1.29, 1.82) is 0 Å². The monoisotopic (exact) mass is 409 g/mol. The number of rotatable bonds is 2. The fraction of sp³-hybridized carbons (Fsp3) is 0.364. The third-order valence-electron chi connectivity index (χ3n) is 6.23. The van der Waals surface area contributed by atoms with Crippen molar-refractivity contribution < 1.29 is 13.2 Å². The number of hydrogen-bond donors (Lipinski definition) is 1. The molecule has 6 nitrogen and oxygen atoms in total. The number of sulfonamides is 1. The number of likely N-dealkylation sites (tertiary alicyclic amines) is 1. The van der Waals surface area contributed by atoms with Gasteiger partial charge in [0.25, 0.3) is 10.0 Å². The number of carbonyl (C=O) groups excluding carboxylic acids is 1. The summed E-state index contributed by atoms with van der Waals surface area (Å²) in [5, 5.41) is 3.23. The summed E-state index contributed by atoms with van der Waals surface area (Å²) in [4.78, 5) is 15.1. The van der Waals surface area contributed by atoms with Gasteiger partial charge >= 0.3 is 0 Å². The van der Waals surface area contributed by atoms with Gasteiger partial charge in [-0.3, -0.25) is 4.79 Å². The molecule has 0 spiro atoms. The Morgan fingerprint density at radius 3 is 2.55 bits per heavy atom. The first-order chi connectivity index (χ1) is 14.0. The molecule has 1 fully saturated rings. The minimum Gasteiger partial charge on any atom is -0.355 e. The Morgan fingerprint density at radius 2 is 1.72 bits per heavy atom. The topological polar surface area (TPSA) is 78.8 Å². The van der Waals surface area contributed by atoms with Crippen LogP contribution < -0.4 is 5.32 Å². The van der Waals surface area contributed by atoms with Gasteiger partial charge in [0, 0.05) is 24.6 Å². The highest BCUT2D eigenvalue weighted by Gasteiger charge is 2.35. The van der Waals surface area contributed by atoms with Crippen LogP contribution in [-0.2, 0) is 21.2 Å². The maximum atomic E-state index is 12.8. The van der Waals surface area contributed by atoms with Gasteiger partial charge in [0.15, 0.2) is 5.84 Å². The van der Waals surface area contributed by atoms with Gasteiger partial charge in [0.1, 0.15) is 4.90 Å². The molecule has 2 aromatic rings. The normalized spacial score (nSPS) is 22.7. The second-order valence-electron chi connectivity index (χ2n) is 7.95. The Bertz CT molecular complexity index is 1100. The second-order valence-corrected chi connectivity index (χ2v) is 9.52. The zero-order valence-corrected chi connectivity index (χ0v) is 16.9. The van der Waals surface area contributed by atoms with Gasteiger partial charge in [-0.2, -0.15) is 8.42 Å². The Morgan fingerprint density at radius 1 is 1.00 bits per heavy atom. The van der Waals surface area contributed by atoms with E-state index in [1.54, 1.807) is 18.2 Å². The third-order valence-corrected chi connectivity index (χ3v) is 7.55. The summed E-state index contributed by atoms with van der Waals surface area (Å²) in [5.74, 6) is 0.574. The predicted octanol–water partition coefficient (Wildman–Crippen LogP) is 2.65. The van der Waals surface area contributed by atoms with Crippen molar-refractivity contribution in [3.05, 3.63) is 65.2 Å². The van der Waals surface area contributed by atoms with Gasteiger partial charge in [-0.1, -0.05) is 36.4 Å².